The third-order valence-electron chi connectivity index (χ3n) is 5.12. The van der Waals surface area contributed by atoms with Crippen LogP contribution in [0.2, 0.25) is 0 Å². The number of aromatic nitrogens is 3. The van der Waals surface area contributed by atoms with Gasteiger partial charge in [0.15, 0.2) is 5.82 Å². The second-order valence-electron chi connectivity index (χ2n) is 6.46. The van der Waals surface area contributed by atoms with Crippen molar-refractivity contribution < 1.29 is 9.53 Å². The molecule has 1 unspecified atom stereocenters. The van der Waals surface area contributed by atoms with E-state index in [4.69, 9.17) is 4.74 Å². The molecule has 0 aliphatic heterocycles. The van der Waals surface area contributed by atoms with Gasteiger partial charge in [0.25, 0.3) is 0 Å². The predicted molar refractivity (Wildman–Crippen MR) is 78.9 cm³/mol. The van der Waals surface area contributed by atoms with Crippen molar-refractivity contribution in [3.8, 4) is 0 Å². The molecule has 0 amide bonds. The molecule has 3 rings (SSSR count). The maximum atomic E-state index is 12.2. The molecule has 2 fully saturated rings. The molecule has 5 heteroatoms. The van der Waals surface area contributed by atoms with E-state index in [1.165, 1.54) is 52.1 Å². The lowest BCUT2D eigenvalue weighted by Gasteiger charge is -2.19. The van der Waals surface area contributed by atoms with E-state index in [1.807, 2.05) is 0 Å². The van der Waals surface area contributed by atoms with Crippen LogP contribution in [0.15, 0.2) is 0 Å². The Kier molecular flexibility index (Phi) is 4.56. The molecule has 2 aliphatic rings. The van der Waals surface area contributed by atoms with E-state index in [9.17, 15) is 4.79 Å². The number of esters is 1. The number of carbonyl (C=O) groups is 1. The summed E-state index contributed by atoms with van der Waals surface area (Å²) >= 11 is 0. The smallest absolute Gasteiger partial charge is 0.316 e. The first-order valence-electron chi connectivity index (χ1n) is 8.29. The summed E-state index contributed by atoms with van der Waals surface area (Å²) < 4.78 is 5.00. The molecule has 1 atom stereocenters. The molecular weight excluding hydrogens is 266 g/mol. The molecule has 0 spiro atoms. The summed E-state index contributed by atoms with van der Waals surface area (Å²) in [6.45, 7) is 0. The van der Waals surface area contributed by atoms with Crippen LogP contribution in [0.4, 0.5) is 0 Å². The number of nitrogens with one attached hydrogen (secondary N) is 1. The molecule has 2 saturated carbocycles. The van der Waals surface area contributed by atoms with Gasteiger partial charge >= 0.3 is 5.97 Å². The molecule has 0 saturated heterocycles. The van der Waals surface area contributed by atoms with Gasteiger partial charge in [0.1, 0.15) is 11.7 Å². The van der Waals surface area contributed by atoms with Crippen molar-refractivity contribution in [1.82, 2.24) is 15.2 Å². The Morgan fingerprint density at radius 2 is 1.81 bits per heavy atom. The summed E-state index contributed by atoms with van der Waals surface area (Å²) in [7, 11) is 1.46. The topological polar surface area (TPSA) is 67.9 Å². The second kappa shape index (κ2) is 6.58. The number of ether oxygens (including phenoxy) is 1. The lowest BCUT2D eigenvalue weighted by molar-refractivity contribution is -0.144. The van der Waals surface area contributed by atoms with Gasteiger partial charge in [-0.25, -0.2) is 4.98 Å². The van der Waals surface area contributed by atoms with E-state index in [1.54, 1.807) is 0 Å². The molecule has 1 aromatic rings. The SMILES string of the molecule is COC(=O)C(c1n[nH]c(C2CCCCC2)n1)C1CCCC1. The van der Waals surface area contributed by atoms with Crippen LogP contribution >= 0.6 is 0 Å². The van der Waals surface area contributed by atoms with Gasteiger partial charge in [-0.2, -0.15) is 5.10 Å². The highest BCUT2D eigenvalue weighted by molar-refractivity contribution is 5.77. The average molecular weight is 291 g/mol. The Labute approximate surface area is 125 Å². The number of aromatic amines is 1. The van der Waals surface area contributed by atoms with Gasteiger partial charge in [0, 0.05) is 5.92 Å². The van der Waals surface area contributed by atoms with Crippen LogP contribution in [0.5, 0.6) is 0 Å². The highest BCUT2D eigenvalue weighted by Gasteiger charge is 2.36. The third-order valence-corrected chi connectivity index (χ3v) is 5.12. The zero-order valence-corrected chi connectivity index (χ0v) is 12.8. The van der Waals surface area contributed by atoms with Gasteiger partial charge < -0.3 is 4.74 Å². The number of rotatable bonds is 4. The van der Waals surface area contributed by atoms with Gasteiger partial charge in [-0.1, -0.05) is 32.1 Å². The summed E-state index contributed by atoms with van der Waals surface area (Å²) in [5, 5.41) is 7.46. The molecule has 5 nitrogen and oxygen atoms in total. The number of hydrogen-bond donors (Lipinski definition) is 1. The van der Waals surface area contributed by atoms with Gasteiger partial charge in [-0.3, -0.25) is 9.89 Å². The fourth-order valence-electron chi connectivity index (χ4n) is 3.91. The number of H-pyrrole nitrogens is 1. The molecule has 0 aromatic carbocycles. The van der Waals surface area contributed by atoms with Crippen molar-refractivity contribution in [2.45, 2.75) is 69.6 Å². The first kappa shape index (κ1) is 14.5. The molecule has 1 heterocycles. The van der Waals surface area contributed by atoms with Crippen molar-refractivity contribution in [2.24, 2.45) is 5.92 Å². The number of carbonyl (C=O) groups excluding carboxylic acids is 1. The minimum Gasteiger partial charge on any atom is -0.468 e. The fourth-order valence-corrected chi connectivity index (χ4v) is 3.91. The largest absolute Gasteiger partial charge is 0.468 e. The lowest BCUT2D eigenvalue weighted by Crippen LogP contribution is -2.22. The summed E-state index contributed by atoms with van der Waals surface area (Å²) in [6.07, 6.45) is 10.8. The van der Waals surface area contributed by atoms with Gasteiger partial charge in [0.05, 0.1) is 7.11 Å². The van der Waals surface area contributed by atoms with Crippen molar-refractivity contribution >= 4 is 5.97 Å². The minimum absolute atomic E-state index is 0.184. The van der Waals surface area contributed by atoms with Crippen molar-refractivity contribution in [3.05, 3.63) is 11.6 Å². The zero-order chi connectivity index (χ0) is 14.7. The van der Waals surface area contributed by atoms with E-state index in [0.717, 1.165) is 18.7 Å². The maximum absolute atomic E-state index is 12.2. The van der Waals surface area contributed by atoms with Crippen LogP contribution in [0.25, 0.3) is 0 Å². The summed E-state index contributed by atoms with van der Waals surface area (Å²) in [5.74, 6) is 1.97. The molecule has 21 heavy (non-hydrogen) atoms. The van der Waals surface area contributed by atoms with Gasteiger partial charge in [-0.05, 0) is 31.6 Å². The Morgan fingerprint density at radius 1 is 1.14 bits per heavy atom. The van der Waals surface area contributed by atoms with Crippen LogP contribution in [-0.2, 0) is 9.53 Å². The van der Waals surface area contributed by atoms with Crippen molar-refractivity contribution in [3.63, 3.8) is 0 Å². The Morgan fingerprint density at radius 3 is 2.48 bits per heavy atom. The number of methoxy groups -OCH3 is 1. The monoisotopic (exact) mass is 291 g/mol. The Hall–Kier alpha value is -1.39. The van der Waals surface area contributed by atoms with E-state index in [2.05, 4.69) is 15.2 Å². The normalized spacial score (nSPS) is 22.3. The third kappa shape index (κ3) is 3.11. The first-order valence-corrected chi connectivity index (χ1v) is 8.29. The molecule has 2 aliphatic carbocycles. The average Bonchev–Trinajstić information content (AvgIpc) is 3.20. The Balaban J connectivity index is 1.78. The lowest BCUT2D eigenvalue weighted by atomic mass is 9.88. The van der Waals surface area contributed by atoms with Crippen LogP contribution in [0.3, 0.4) is 0 Å². The highest BCUT2D eigenvalue weighted by atomic mass is 16.5. The molecule has 1 N–H and O–H groups in total. The van der Waals surface area contributed by atoms with E-state index >= 15 is 0 Å². The minimum atomic E-state index is -0.286. The van der Waals surface area contributed by atoms with Crippen LogP contribution < -0.4 is 0 Å². The molecule has 116 valence electrons. The summed E-state index contributed by atoms with van der Waals surface area (Å²) in [6, 6.07) is 0. The van der Waals surface area contributed by atoms with E-state index < -0.39 is 0 Å². The van der Waals surface area contributed by atoms with Gasteiger partial charge in [-0.15, -0.1) is 0 Å². The van der Waals surface area contributed by atoms with Crippen LogP contribution in [0.1, 0.15) is 81.3 Å². The van der Waals surface area contributed by atoms with Crippen LogP contribution in [0, 0.1) is 5.92 Å². The molecule has 1 aromatic heterocycles. The quantitative estimate of drug-likeness (QED) is 0.864. The Bertz CT molecular complexity index is 474. The van der Waals surface area contributed by atoms with Gasteiger partial charge in [0.2, 0.25) is 0 Å². The first-order chi connectivity index (χ1) is 10.3. The van der Waals surface area contributed by atoms with Crippen molar-refractivity contribution in [2.75, 3.05) is 7.11 Å². The number of nitrogens with zero attached hydrogens (tertiary/aromatic N) is 2. The van der Waals surface area contributed by atoms with E-state index in [-0.39, 0.29) is 11.9 Å². The molecular formula is C16H25N3O2. The zero-order valence-electron chi connectivity index (χ0n) is 12.8. The highest BCUT2D eigenvalue weighted by Crippen LogP contribution is 2.38. The summed E-state index contributed by atoms with van der Waals surface area (Å²) in [4.78, 5) is 16.8. The van der Waals surface area contributed by atoms with E-state index in [0.29, 0.717) is 17.7 Å². The summed E-state index contributed by atoms with van der Waals surface area (Å²) in [5.41, 5.74) is 0. The predicted octanol–water partition coefficient (Wildman–Crippen LogP) is 3.30. The maximum Gasteiger partial charge on any atom is 0.316 e. The van der Waals surface area contributed by atoms with Crippen molar-refractivity contribution in [1.29, 1.82) is 0 Å². The molecule has 0 bridgehead atoms. The molecule has 0 radical (unpaired) electrons. The fraction of sp³-hybridized carbons (Fsp3) is 0.812. The standard InChI is InChI=1S/C16H25N3O2/c1-21-16(20)13(11-7-5-6-8-11)15-17-14(18-19-15)12-9-3-2-4-10-12/h11-13H,2-10H2,1H3,(H,17,18,19). The second-order valence-corrected chi connectivity index (χ2v) is 6.46. The van der Waals surface area contributed by atoms with Crippen LogP contribution in [-0.4, -0.2) is 28.3 Å². The number of hydrogen-bond acceptors (Lipinski definition) is 4.